The number of carbonyl (C=O) groups excluding carboxylic acids is 1. The third-order valence-electron chi connectivity index (χ3n) is 4.31. The average molecular weight is 350 g/mol. The minimum absolute atomic E-state index is 0.182. The zero-order chi connectivity index (χ0) is 17.2. The standard InChI is InChI=1S/C17H22N2O4S/c1-2-3-12-24(21,22)19-10-8-18(9-11-19)17(20)16-13-14-6-4-5-7-15(14)23-16/h4-7,13H,2-3,8-12H2,1H3. The maximum atomic E-state index is 12.6. The number of unbranched alkanes of at least 4 members (excludes halogenated alkanes) is 1. The van der Waals surface area contributed by atoms with Gasteiger partial charge in [0.1, 0.15) is 5.58 Å². The number of para-hydroxylation sites is 1. The molecule has 1 aromatic carbocycles. The van der Waals surface area contributed by atoms with Crippen molar-refractivity contribution in [2.75, 3.05) is 31.9 Å². The molecule has 0 saturated carbocycles. The minimum atomic E-state index is -3.21. The van der Waals surface area contributed by atoms with Crippen LogP contribution in [0.3, 0.4) is 0 Å². The van der Waals surface area contributed by atoms with Gasteiger partial charge in [-0.2, -0.15) is 4.31 Å². The summed E-state index contributed by atoms with van der Waals surface area (Å²) < 4.78 is 31.5. The normalized spacial score (nSPS) is 16.6. The molecular formula is C17H22N2O4S. The Labute approximate surface area is 142 Å². The second-order valence-corrected chi connectivity index (χ2v) is 8.10. The highest BCUT2D eigenvalue weighted by Gasteiger charge is 2.29. The van der Waals surface area contributed by atoms with Crippen LogP contribution in [0.1, 0.15) is 30.3 Å². The monoisotopic (exact) mass is 350 g/mol. The van der Waals surface area contributed by atoms with Gasteiger partial charge in [-0.05, 0) is 18.6 Å². The molecule has 0 bridgehead atoms. The summed E-state index contributed by atoms with van der Waals surface area (Å²) in [7, 11) is -3.21. The van der Waals surface area contributed by atoms with Crippen LogP contribution >= 0.6 is 0 Å². The zero-order valence-corrected chi connectivity index (χ0v) is 14.6. The molecule has 0 N–H and O–H groups in total. The first-order valence-corrected chi connectivity index (χ1v) is 9.88. The van der Waals surface area contributed by atoms with Gasteiger partial charge in [0.2, 0.25) is 10.0 Å². The Hall–Kier alpha value is -1.86. The fourth-order valence-corrected chi connectivity index (χ4v) is 4.50. The first kappa shape index (κ1) is 17.0. The maximum Gasteiger partial charge on any atom is 0.289 e. The molecule has 0 radical (unpaired) electrons. The van der Waals surface area contributed by atoms with Gasteiger partial charge in [0.05, 0.1) is 5.75 Å². The lowest BCUT2D eigenvalue weighted by Gasteiger charge is -2.33. The quantitative estimate of drug-likeness (QED) is 0.830. The molecule has 6 nitrogen and oxygen atoms in total. The number of nitrogens with zero attached hydrogens (tertiary/aromatic N) is 2. The van der Waals surface area contributed by atoms with E-state index in [0.29, 0.717) is 43.9 Å². The molecule has 1 aliphatic rings. The summed E-state index contributed by atoms with van der Waals surface area (Å²) in [6.45, 7) is 3.44. The Bertz CT molecular complexity index is 787. The van der Waals surface area contributed by atoms with Gasteiger partial charge in [-0.1, -0.05) is 31.5 Å². The van der Waals surface area contributed by atoms with E-state index in [1.807, 2.05) is 31.2 Å². The number of benzene rings is 1. The van der Waals surface area contributed by atoms with Gasteiger partial charge in [-0.15, -0.1) is 0 Å². The van der Waals surface area contributed by atoms with Crippen molar-refractivity contribution in [1.82, 2.24) is 9.21 Å². The van der Waals surface area contributed by atoms with Crippen molar-refractivity contribution in [2.45, 2.75) is 19.8 Å². The van der Waals surface area contributed by atoms with E-state index in [0.717, 1.165) is 11.8 Å². The van der Waals surface area contributed by atoms with Crippen LogP contribution in [0.2, 0.25) is 0 Å². The van der Waals surface area contributed by atoms with Gasteiger partial charge >= 0.3 is 0 Å². The molecule has 1 saturated heterocycles. The predicted octanol–water partition coefficient (Wildman–Crippen LogP) is 2.32. The Balaban J connectivity index is 1.65. The number of hydrogen-bond acceptors (Lipinski definition) is 4. The molecule has 0 atom stereocenters. The van der Waals surface area contributed by atoms with E-state index in [9.17, 15) is 13.2 Å². The zero-order valence-electron chi connectivity index (χ0n) is 13.8. The van der Waals surface area contributed by atoms with Crippen molar-refractivity contribution >= 4 is 26.9 Å². The van der Waals surface area contributed by atoms with Crippen molar-refractivity contribution in [3.05, 3.63) is 36.1 Å². The van der Waals surface area contributed by atoms with E-state index < -0.39 is 10.0 Å². The summed E-state index contributed by atoms with van der Waals surface area (Å²) >= 11 is 0. The highest BCUT2D eigenvalue weighted by Crippen LogP contribution is 2.21. The van der Waals surface area contributed by atoms with Gasteiger partial charge in [0.15, 0.2) is 5.76 Å². The lowest BCUT2D eigenvalue weighted by molar-refractivity contribution is 0.0668. The number of furan rings is 1. The molecule has 0 unspecified atom stereocenters. The highest BCUT2D eigenvalue weighted by molar-refractivity contribution is 7.89. The summed E-state index contributed by atoms with van der Waals surface area (Å²) in [4.78, 5) is 14.2. The molecule has 1 amide bonds. The minimum Gasteiger partial charge on any atom is -0.451 e. The van der Waals surface area contributed by atoms with Crippen LogP contribution in [0.25, 0.3) is 11.0 Å². The molecule has 0 spiro atoms. The molecule has 3 rings (SSSR count). The molecule has 1 fully saturated rings. The van der Waals surface area contributed by atoms with Crippen molar-refractivity contribution in [2.24, 2.45) is 0 Å². The molecule has 0 aliphatic carbocycles. The van der Waals surface area contributed by atoms with E-state index in [4.69, 9.17) is 4.42 Å². The van der Waals surface area contributed by atoms with E-state index >= 15 is 0 Å². The predicted molar refractivity (Wildman–Crippen MR) is 92.4 cm³/mol. The lowest BCUT2D eigenvalue weighted by atomic mass is 10.2. The molecule has 2 aromatic rings. The van der Waals surface area contributed by atoms with Crippen LogP contribution in [-0.4, -0.2) is 55.5 Å². The summed E-state index contributed by atoms with van der Waals surface area (Å²) in [6, 6.07) is 9.21. The van der Waals surface area contributed by atoms with E-state index in [2.05, 4.69) is 0 Å². The number of amides is 1. The Morgan fingerprint density at radius 3 is 2.54 bits per heavy atom. The molecule has 7 heteroatoms. The van der Waals surface area contributed by atoms with Gasteiger partial charge in [0.25, 0.3) is 5.91 Å². The fourth-order valence-electron chi connectivity index (χ4n) is 2.87. The lowest BCUT2D eigenvalue weighted by Crippen LogP contribution is -2.51. The number of sulfonamides is 1. The molecule has 1 aromatic heterocycles. The second-order valence-electron chi connectivity index (χ2n) is 6.01. The first-order chi connectivity index (χ1) is 11.5. The summed E-state index contributed by atoms with van der Waals surface area (Å²) in [5.41, 5.74) is 0.682. The fraction of sp³-hybridized carbons (Fsp3) is 0.471. The average Bonchev–Trinajstić information content (AvgIpc) is 3.03. The smallest absolute Gasteiger partial charge is 0.289 e. The number of piperazine rings is 1. The largest absolute Gasteiger partial charge is 0.451 e. The van der Waals surface area contributed by atoms with Gasteiger partial charge in [-0.3, -0.25) is 4.79 Å². The van der Waals surface area contributed by atoms with E-state index in [1.54, 1.807) is 11.0 Å². The topological polar surface area (TPSA) is 70.8 Å². The van der Waals surface area contributed by atoms with Crippen LogP contribution in [0, 0.1) is 0 Å². The number of carbonyl (C=O) groups is 1. The molecule has 24 heavy (non-hydrogen) atoms. The van der Waals surface area contributed by atoms with Crippen molar-refractivity contribution in [1.29, 1.82) is 0 Å². The Kier molecular flexibility index (Phi) is 4.91. The second kappa shape index (κ2) is 6.94. The van der Waals surface area contributed by atoms with Crippen LogP contribution in [0.5, 0.6) is 0 Å². The van der Waals surface area contributed by atoms with Crippen molar-refractivity contribution < 1.29 is 17.6 Å². The number of rotatable bonds is 5. The van der Waals surface area contributed by atoms with Crippen LogP contribution < -0.4 is 0 Å². The van der Waals surface area contributed by atoms with Gasteiger partial charge in [0, 0.05) is 31.6 Å². The number of fused-ring (bicyclic) bond motifs is 1. The molecular weight excluding hydrogens is 328 g/mol. The third-order valence-corrected chi connectivity index (χ3v) is 6.27. The summed E-state index contributed by atoms with van der Waals surface area (Å²) in [5, 5.41) is 0.890. The third kappa shape index (κ3) is 3.47. The van der Waals surface area contributed by atoms with Gasteiger partial charge < -0.3 is 9.32 Å². The SMILES string of the molecule is CCCCS(=O)(=O)N1CCN(C(=O)c2cc3ccccc3o2)CC1. The maximum absolute atomic E-state index is 12.6. The molecule has 130 valence electrons. The first-order valence-electron chi connectivity index (χ1n) is 8.27. The van der Waals surface area contributed by atoms with Gasteiger partial charge in [-0.25, -0.2) is 8.42 Å². The Morgan fingerprint density at radius 1 is 1.17 bits per heavy atom. The van der Waals surface area contributed by atoms with Crippen LogP contribution in [0.4, 0.5) is 0 Å². The number of hydrogen-bond donors (Lipinski definition) is 0. The van der Waals surface area contributed by atoms with E-state index in [-0.39, 0.29) is 11.7 Å². The highest BCUT2D eigenvalue weighted by atomic mass is 32.2. The Morgan fingerprint density at radius 2 is 1.88 bits per heavy atom. The molecule has 2 heterocycles. The molecule has 1 aliphatic heterocycles. The van der Waals surface area contributed by atoms with Crippen LogP contribution in [0.15, 0.2) is 34.7 Å². The van der Waals surface area contributed by atoms with Crippen molar-refractivity contribution in [3.63, 3.8) is 0 Å². The van der Waals surface area contributed by atoms with Crippen molar-refractivity contribution in [3.8, 4) is 0 Å². The van der Waals surface area contributed by atoms with E-state index in [1.165, 1.54) is 4.31 Å². The summed E-state index contributed by atoms with van der Waals surface area (Å²) in [6.07, 6.45) is 1.52. The summed E-state index contributed by atoms with van der Waals surface area (Å²) in [5.74, 6) is 0.302. The van der Waals surface area contributed by atoms with Crippen LogP contribution in [-0.2, 0) is 10.0 Å².